The number of allylic oxidation sites excluding steroid dienone is 2. The second-order valence-electron chi connectivity index (χ2n) is 6.10. The maximum Gasteiger partial charge on any atom is 0.174 e. The van der Waals surface area contributed by atoms with Gasteiger partial charge in [-0.25, -0.2) is 0 Å². The first kappa shape index (κ1) is 14.9. The topological polar surface area (TPSA) is 37.3 Å². The predicted molar refractivity (Wildman–Crippen MR) is 85.8 cm³/mol. The lowest BCUT2D eigenvalue weighted by Crippen LogP contribution is -2.27. The van der Waals surface area contributed by atoms with Crippen molar-refractivity contribution in [3.8, 4) is 5.75 Å². The van der Waals surface area contributed by atoms with Crippen molar-refractivity contribution in [3.05, 3.63) is 33.3 Å². The number of fused-ring (bicyclic) bond motifs is 3. The highest BCUT2D eigenvalue weighted by atomic mass is 35.5. The number of Topliss-reactive ketones (excluding diaryl/α,β-unsaturated/α-hetero) is 1. The van der Waals surface area contributed by atoms with Crippen molar-refractivity contribution in [1.82, 2.24) is 0 Å². The van der Waals surface area contributed by atoms with Gasteiger partial charge in [-0.1, -0.05) is 49.0 Å². The van der Waals surface area contributed by atoms with Crippen molar-refractivity contribution >= 4 is 34.6 Å². The molecule has 0 bridgehead atoms. The summed E-state index contributed by atoms with van der Waals surface area (Å²) in [6, 6.07) is 3.44. The molecular formula is C17H18Cl2O2. The summed E-state index contributed by atoms with van der Waals surface area (Å²) in [7, 11) is 0. The molecule has 0 radical (unpaired) electrons. The van der Waals surface area contributed by atoms with Gasteiger partial charge in [0.15, 0.2) is 5.78 Å². The summed E-state index contributed by atoms with van der Waals surface area (Å²) in [5, 5.41) is 10.6. The normalized spacial score (nSPS) is 24.2. The van der Waals surface area contributed by atoms with Crippen LogP contribution in [0.15, 0.2) is 17.2 Å². The molecule has 0 heterocycles. The maximum absolute atomic E-state index is 12.0. The Balaban J connectivity index is 2.19. The first-order valence-corrected chi connectivity index (χ1v) is 8.20. The number of rotatable bonds is 3. The summed E-state index contributed by atoms with van der Waals surface area (Å²) in [5.41, 5.74) is 2.77. The molecule has 0 amide bonds. The highest BCUT2D eigenvalue weighted by Crippen LogP contribution is 2.58. The molecule has 0 saturated carbocycles. The van der Waals surface area contributed by atoms with Crippen molar-refractivity contribution in [2.75, 3.05) is 0 Å². The molecule has 1 aromatic carbocycles. The fourth-order valence-corrected chi connectivity index (χ4v) is 4.38. The average molecular weight is 325 g/mol. The second kappa shape index (κ2) is 5.33. The lowest BCUT2D eigenvalue weighted by molar-refractivity contribution is -0.115. The van der Waals surface area contributed by atoms with Crippen LogP contribution in [-0.2, 0) is 11.2 Å². The van der Waals surface area contributed by atoms with Crippen LogP contribution in [-0.4, -0.2) is 10.9 Å². The minimum absolute atomic E-state index is 0.0239. The van der Waals surface area contributed by atoms with Gasteiger partial charge in [-0.05, 0) is 42.0 Å². The van der Waals surface area contributed by atoms with E-state index in [-0.39, 0.29) is 16.9 Å². The number of carbonyl (C=O) groups excluding carboxylic acids is 1. The predicted octanol–water partition coefficient (Wildman–Crippen LogP) is 5.09. The zero-order valence-electron chi connectivity index (χ0n) is 12.0. The lowest BCUT2D eigenvalue weighted by atomic mass is 9.69. The standard InChI is InChI=1S/C17H18Cl2O2/c1-2-3-7-17-8-6-13(21)16(19)14(17)10-4-5-12(20)15(18)11(10)9-17/h4-5,20H,2-3,6-9H2,1H3. The van der Waals surface area contributed by atoms with Gasteiger partial charge < -0.3 is 5.11 Å². The molecule has 1 unspecified atom stereocenters. The molecule has 2 nitrogen and oxygen atoms in total. The molecule has 2 aliphatic rings. The minimum atomic E-state index is -0.0826. The lowest BCUT2D eigenvalue weighted by Gasteiger charge is -2.35. The molecule has 2 aliphatic carbocycles. The Bertz CT molecular complexity index is 648. The molecule has 0 fully saturated rings. The van der Waals surface area contributed by atoms with E-state index in [0.29, 0.717) is 16.5 Å². The van der Waals surface area contributed by atoms with E-state index in [0.717, 1.165) is 48.8 Å². The quantitative estimate of drug-likeness (QED) is 0.840. The van der Waals surface area contributed by atoms with Crippen molar-refractivity contribution in [2.45, 2.75) is 45.4 Å². The highest BCUT2D eigenvalue weighted by molar-refractivity contribution is 6.46. The van der Waals surface area contributed by atoms with Crippen molar-refractivity contribution in [3.63, 3.8) is 0 Å². The molecule has 0 saturated heterocycles. The number of hydrogen-bond donors (Lipinski definition) is 1. The van der Waals surface area contributed by atoms with Gasteiger partial charge in [0.05, 0.1) is 10.1 Å². The van der Waals surface area contributed by atoms with Crippen LogP contribution < -0.4 is 0 Å². The fourth-order valence-electron chi connectivity index (χ4n) is 3.75. The summed E-state index contributed by atoms with van der Waals surface area (Å²) in [6.45, 7) is 2.16. The first-order valence-electron chi connectivity index (χ1n) is 7.44. The van der Waals surface area contributed by atoms with E-state index in [2.05, 4.69) is 6.92 Å². The smallest absolute Gasteiger partial charge is 0.174 e. The number of carbonyl (C=O) groups is 1. The molecule has 0 aliphatic heterocycles. The Morgan fingerprint density at radius 3 is 2.81 bits per heavy atom. The number of hydrogen-bond acceptors (Lipinski definition) is 2. The molecule has 1 atom stereocenters. The van der Waals surface area contributed by atoms with E-state index in [1.165, 1.54) is 0 Å². The van der Waals surface area contributed by atoms with Crippen molar-refractivity contribution in [1.29, 1.82) is 0 Å². The Kier molecular flexibility index (Phi) is 3.79. The molecular weight excluding hydrogens is 307 g/mol. The van der Waals surface area contributed by atoms with Crippen molar-refractivity contribution < 1.29 is 9.90 Å². The van der Waals surface area contributed by atoms with Crippen LogP contribution in [0, 0.1) is 5.41 Å². The van der Waals surface area contributed by atoms with Crippen LogP contribution in [0.25, 0.3) is 5.57 Å². The van der Waals surface area contributed by atoms with Gasteiger partial charge in [-0.3, -0.25) is 4.79 Å². The third-order valence-electron chi connectivity index (χ3n) is 4.84. The van der Waals surface area contributed by atoms with E-state index in [4.69, 9.17) is 23.2 Å². The monoisotopic (exact) mass is 324 g/mol. The number of aromatic hydroxyl groups is 1. The van der Waals surface area contributed by atoms with Gasteiger partial charge in [0.2, 0.25) is 0 Å². The van der Waals surface area contributed by atoms with Gasteiger partial charge >= 0.3 is 0 Å². The van der Waals surface area contributed by atoms with Gasteiger partial charge in [0.1, 0.15) is 5.75 Å². The van der Waals surface area contributed by atoms with Gasteiger partial charge in [0, 0.05) is 11.8 Å². The van der Waals surface area contributed by atoms with E-state index < -0.39 is 0 Å². The van der Waals surface area contributed by atoms with E-state index in [9.17, 15) is 9.90 Å². The van der Waals surface area contributed by atoms with Crippen LogP contribution in [0.3, 0.4) is 0 Å². The van der Waals surface area contributed by atoms with Crippen LogP contribution in [0.1, 0.15) is 50.2 Å². The molecule has 3 rings (SSSR count). The minimum Gasteiger partial charge on any atom is -0.506 e. The zero-order chi connectivity index (χ0) is 15.2. The van der Waals surface area contributed by atoms with Gasteiger partial charge in [-0.15, -0.1) is 0 Å². The van der Waals surface area contributed by atoms with Gasteiger partial charge in [0.25, 0.3) is 0 Å². The molecule has 4 heteroatoms. The van der Waals surface area contributed by atoms with Crippen LogP contribution >= 0.6 is 23.2 Å². The van der Waals surface area contributed by atoms with E-state index >= 15 is 0 Å². The molecule has 112 valence electrons. The maximum atomic E-state index is 12.0. The van der Waals surface area contributed by atoms with Crippen LogP contribution in [0.5, 0.6) is 5.75 Å². The number of halogens is 2. The summed E-state index contributed by atoms with van der Waals surface area (Å²) in [6.07, 6.45) is 5.31. The zero-order valence-corrected chi connectivity index (χ0v) is 13.5. The highest BCUT2D eigenvalue weighted by Gasteiger charge is 2.47. The number of phenols is 1. The molecule has 0 aromatic heterocycles. The molecule has 1 N–H and O–H groups in total. The third-order valence-corrected chi connectivity index (χ3v) is 5.66. The number of benzene rings is 1. The number of unbranched alkanes of at least 4 members (excludes halogenated alkanes) is 1. The van der Waals surface area contributed by atoms with Crippen LogP contribution in [0.4, 0.5) is 0 Å². The Morgan fingerprint density at radius 1 is 1.33 bits per heavy atom. The van der Waals surface area contributed by atoms with Gasteiger partial charge in [-0.2, -0.15) is 0 Å². The molecule has 1 aromatic rings. The van der Waals surface area contributed by atoms with E-state index in [1.54, 1.807) is 6.07 Å². The fraction of sp³-hybridized carbons (Fsp3) is 0.471. The SMILES string of the molecule is CCCCC12CCC(=O)C(Cl)=C1c1ccc(O)c(Cl)c1C2. The Morgan fingerprint density at radius 2 is 2.10 bits per heavy atom. The summed E-state index contributed by atoms with van der Waals surface area (Å²) in [5.74, 6) is 0.124. The number of ketones is 1. The average Bonchev–Trinajstić information content (AvgIpc) is 2.81. The van der Waals surface area contributed by atoms with Crippen LogP contribution in [0.2, 0.25) is 5.02 Å². The molecule has 0 spiro atoms. The summed E-state index contributed by atoms with van der Waals surface area (Å²) in [4.78, 5) is 12.0. The third kappa shape index (κ3) is 2.20. The summed E-state index contributed by atoms with van der Waals surface area (Å²) >= 11 is 12.7. The largest absolute Gasteiger partial charge is 0.506 e. The summed E-state index contributed by atoms with van der Waals surface area (Å²) < 4.78 is 0. The Labute approximate surface area is 134 Å². The van der Waals surface area contributed by atoms with E-state index in [1.807, 2.05) is 6.07 Å². The first-order chi connectivity index (χ1) is 10.00. The molecule has 21 heavy (non-hydrogen) atoms. The Hall–Kier alpha value is -0.990. The van der Waals surface area contributed by atoms with Crippen molar-refractivity contribution in [2.24, 2.45) is 5.41 Å². The second-order valence-corrected chi connectivity index (χ2v) is 6.85. The number of phenolic OH excluding ortho intramolecular Hbond substituents is 1.